The van der Waals surface area contributed by atoms with Crippen LogP contribution in [0.5, 0.6) is 0 Å². The molecule has 2 aromatic rings. The maximum absolute atomic E-state index is 11.8. The van der Waals surface area contributed by atoms with Crippen molar-refractivity contribution in [1.82, 2.24) is 5.01 Å². The summed E-state index contributed by atoms with van der Waals surface area (Å²) >= 11 is 0. The number of carbonyl (C=O) groups excluding carboxylic acids is 1. The SMILES string of the molecule is CC(=O)N1N=C(Cc2ccccc2)OC1c1ccccc1. The van der Waals surface area contributed by atoms with Gasteiger partial charge in [-0.05, 0) is 5.56 Å². The minimum Gasteiger partial charge on any atom is -0.449 e. The van der Waals surface area contributed by atoms with E-state index >= 15 is 0 Å². The molecule has 0 saturated carbocycles. The number of ether oxygens (including phenoxy) is 1. The minimum absolute atomic E-state index is 0.132. The second-order valence-electron chi connectivity index (χ2n) is 4.90. The molecule has 4 heteroatoms. The fourth-order valence-corrected chi connectivity index (χ4v) is 2.28. The van der Waals surface area contributed by atoms with Gasteiger partial charge in [0.15, 0.2) is 0 Å². The first-order valence-corrected chi connectivity index (χ1v) is 6.87. The lowest BCUT2D eigenvalue weighted by atomic mass is 10.1. The highest BCUT2D eigenvalue weighted by atomic mass is 16.5. The van der Waals surface area contributed by atoms with Gasteiger partial charge in [0.25, 0.3) is 0 Å². The van der Waals surface area contributed by atoms with Crippen LogP contribution in [-0.4, -0.2) is 16.8 Å². The van der Waals surface area contributed by atoms with Gasteiger partial charge in [-0.25, -0.2) is 0 Å². The Hall–Kier alpha value is -2.62. The number of hydrazone groups is 1. The van der Waals surface area contributed by atoms with Crippen LogP contribution < -0.4 is 0 Å². The summed E-state index contributed by atoms with van der Waals surface area (Å²) in [5.41, 5.74) is 2.02. The molecule has 0 saturated heterocycles. The van der Waals surface area contributed by atoms with Gasteiger partial charge in [0, 0.05) is 12.5 Å². The number of hydrogen-bond donors (Lipinski definition) is 0. The molecule has 4 nitrogen and oxygen atoms in total. The van der Waals surface area contributed by atoms with Crippen LogP contribution in [0.1, 0.15) is 24.3 Å². The van der Waals surface area contributed by atoms with Gasteiger partial charge in [0.1, 0.15) is 0 Å². The highest BCUT2D eigenvalue weighted by Gasteiger charge is 2.31. The fraction of sp³-hybridized carbons (Fsp3) is 0.176. The summed E-state index contributed by atoms with van der Waals surface area (Å²) in [6.07, 6.45) is 0.107. The van der Waals surface area contributed by atoms with E-state index in [1.807, 2.05) is 60.7 Å². The van der Waals surface area contributed by atoms with Gasteiger partial charge in [-0.15, -0.1) is 5.10 Å². The average molecular weight is 280 g/mol. The molecule has 106 valence electrons. The van der Waals surface area contributed by atoms with Crippen molar-refractivity contribution >= 4 is 11.8 Å². The van der Waals surface area contributed by atoms with E-state index in [1.54, 1.807) is 0 Å². The summed E-state index contributed by atoms with van der Waals surface area (Å²) in [5, 5.41) is 5.72. The van der Waals surface area contributed by atoms with Gasteiger partial charge in [-0.2, -0.15) is 5.01 Å². The molecule has 0 fully saturated rings. The Morgan fingerprint density at radius 1 is 1.10 bits per heavy atom. The average Bonchev–Trinajstić information content (AvgIpc) is 2.93. The summed E-state index contributed by atoms with van der Waals surface area (Å²) in [6, 6.07) is 19.6. The van der Waals surface area contributed by atoms with Crippen LogP contribution in [0.4, 0.5) is 0 Å². The molecular weight excluding hydrogens is 264 g/mol. The highest BCUT2D eigenvalue weighted by Crippen LogP contribution is 2.28. The van der Waals surface area contributed by atoms with Gasteiger partial charge in [-0.3, -0.25) is 4.79 Å². The van der Waals surface area contributed by atoms with E-state index in [9.17, 15) is 4.79 Å². The van der Waals surface area contributed by atoms with E-state index in [0.717, 1.165) is 11.1 Å². The van der Waals surface area contributed by atoms with E-state index in [4.69, 9.17) is 4.74 Å². The van der Waals surface area contributed by atoms with E-state index in [-0.39, 0.29) is 5.91 Å². The Bertz CT molecular complexity index is 653. The number of carbonyl (C=O) groups is 1. The number of amides is 1. The molecule has 1 aliphatic rings. The quantitative estimate of drug-likeness (QED) is 0.867. The van der Waals surface area contributed by atoms with Crippen molar-refractivity contribution in [3.8, 4) is 0 Å². The summed E-state index contributed by atoms with van der Waals surface area (Å²) in [5.74, 6) is 0.428. The number of rotatable bonds is 3. The Morgan fingerprint density at radius 3 is 2.33 bits per heavy atom. The molecule has 0 aromatic heterocycles. The number of benzene rings is 2. The van der Waals surface area contributed by atoms with Crippen molar-refractivity contribution in [3.63, 3.8) is 0 Å². The van der Waals surface area contributed by atoms with Crippen LogP contribution in [0.2, 0.25) is 0 Å². The predicted molar refractivity (Wildman–Crippen MR) is 80.4 cm³/mol. The van der Waals surface area contributed by atoms with Crippen molar-refractivity contribution in [3.05, 3.63) is 71.8 Å². The van der Waals surface area contributed by atoms with Crippen LogP contribution >= 0.6 is 0 Å². The third kappa shape index (κ3) is 2.94. The zero-order valence-electron chi connectivity index (χ0n) is 11.8. The third-order valence-corrected chi connectivity index (χ3v) is 3.29. The Morgan fingerprint density at radius 2 is 1.71 bits per heavy atom. The lowest BCUT2D eigenvalue weighted by Crippen LogP contribution is -2.25. The first kappa shape index (κ1) is 13.4. The predicted octanol–water partition coefficient (Wildman–Crippen LogP) is 3.12. The highest BCUT2D eigenvalue weighted by molar-refractivity contribution is 5.84. The summed E-state index contributed by atoms with van der Waals surface area (Å²) < 4.78 is 5.88. The number of nitrogens with zero attached hydrogens (tertiary/aromatic N) is 2. The summed E-state index contributed by atoms with van der Waals surface area (Å²) in [7, 11) is 0. The molecule has 0 spiro atoms. The fourth-order valence-electron chi connectivity index (χ4n) is 2.28. The van der Waals surface area contributed by atoms with Crippen LogP contribution in [0.15, 0.2) is 65.8 Å². The van der Waals surface area contributed by atoms with Gasteiger partial charge in [-0.1, -0.05) is 60.7 Å². The van der Waals surface area contributed by atoms with Gasteiger partial charge in [0.05, 0.1) is 6.42 Å². The first-order chi connectivity index (χ1) is 10.2. The molecule has 0 radical (unpaired) electrons. The molecule has 0 N–H and O–H groups in total. The summed E-state index contributed by atoms with van der Waals surface area (Å²) in [6.45, 7) is 1.49. The normalized spacial score (nSPS) is 17.3. The zero-order chi connectivity index (χ0) is 14.7. The summed E-state index contributed by atoms with van der Waals surface area (Å²) in [4.78, 5) is 11.8. The lowest BCUT2D eigenvalue weighted by molar-refractivity contribution is -0.135. The standard InChI is InChI=1S/C17H16N2O2/c1-13(20)19-17(15-10-6-3-7-11-15)21-16(18-19)12-14-8-4-2-5-9-14/h2-11,17H,12H2,1H3. The van der Waals surface area contributed by atoms with Crippen LogP contribution in [0.3, 0.4) is 0 Å². The Balaban J connectivity index is 1.82. The Labute approximate surface area is 123 Å². The molecule has 1 heterocycles. The molecule has 1 atom stereocenters. The second kappa shape index (κ2) is 5.79. The van der Waals surface area contributed by atoms with Crippen molar-refractivity contribution in [2.45, 2.75) is 19.6 Å². The maximum atomic E-state index is 11.8. The van der Waals surface area contributed by atoms with Crippen molar-refractivity contribution < 1.29 is 9.53 Å². The molecule has 21 heavy (non-hydrogen) atoms. The third-order valence-electron chi connectivity index (χ3n) is 3.29. The van der Waals surface area contributed by atoms with Gasteiger partial charge in [0.2, 0.25) is 18.0 Å². The van der Waals surface area contributed by atoms with Crippen LogP contribution in [0.25, 0.3) is 0 Å². The largest absolute Gasteiger partial charge is 0.449 e. The smallest absolute Gasteiger partial charge is 0.243 e. The topological polar surface area (TPSA) is 41.9 Å². The molecule has 1 amide bonds. The van der Waals surface area contributed by atoms with Gasteiger partial charge >= 0.3 is 0 Å². The number of hydrogen-bond acceptors (Lipinski definition) is 3. The van der Waals surface area contributed by atoms with Crippen molar-refractivity contribution in [2.24, 2.45) is 5.10 Å². The maximum Gasteiger partial charge on any atom is 0.243 e. The zero-order valence-corrected chi connectivity index (χ0v) is 11.8. The molecule has 0 aliphatic carbocycles. The van der Waals surface area contributed by atoms with E-state index in [0.29, 0.717) is 12.3 Å². The molecule has 1 aliphatic heterocycles. The van der Waals surface area contributed by atoms with Gasteiger partial charge < -0.3 is 4.74 Å². The second-order valence-corrected chi connectivity index (χ2v) is 4.90. The van der Waals surface area contributed by atoms with Crippen molar-refractivity contribution in [2.75, 3.05) is 0 Å². The van der Waals surface area contributed by atoms with Crippen LogP contribution in [0, 0.1) is 0 Å². The van der Waals surface area contributed by atoms with Crippen molar-refractivity contribution in [1.29, 1.82) is 0 Å². The molecule has 0 bridgehead atoms. The minimum atomic E-state index is -0.470. The van der Waals surface area contributed by atoms with Crippen LogP contribution in [-0.2, 0) is 16.0 Å². The molecular formula is C17H16N2O2. The molecule has 1 unspecified atom stereocenters. The van der Waals surface area contributed by atoms with E-state index in [2.05, 4.69) is 5.10 Å². The lowest BCUT2D eigenvalue weighted by Gasteiger charge is -2.19. The first-order valence-electron chi connectivity index (χ1n) is 6.87. The molecule has 3 rings (SSSR count). The Kier molecular flexibility index (Phi) is 3.69. The van der Waals surface area contributed by atoms with E-state index < -0.39 is 6.23 Å². The van der Waals surface area contributed by atoms with E-state index in [1.165, 1.54) is 11.9 Å². The molecule has 2 aromatic carbocycles. The monoisotopic (exact) mass is 280 g/mol.